The van der Waals surface area contributed by atoms with E-state index < -0.39 is 0 Å². The minimum Gasteiger partial charge on any atom is -0.462 e. The van der Waals surface area contributed by atoms with Crippen LogP contribution in [-0.4, -0.2) is 19.1 Å². The number of esters is 1. The zero-order valence-electron chi connectivity index (χ0n) is 12.0. The molecule has 1 N–H and O–H groups in total. The molecule has 1 saturated heterocycles. The largest absolute Gasteiger partial charge is 0.462 e. The van der Waals surface area contributed by atoms with Crippen LogP contribution in [0.25, 0.3) is 0 Å². The third-order valence-corrected chi connectivity index (χ3v) is 5.53. The zero-order chi connectivity index (χ0) is 14.1. The second-order valence-corrected chi connectivity index (χ2v) is 6.82. The van der Waals surface area contributed by atoms with Gasteiger partial charge in [0.2, 0.25) is 0 Å². The standard InChI is InChI=1S/C16H21NO2S/c1-3-19-16(18)14-7-6-13(20-14)15-12-8-11(9-17-15)5-4-10(12)2/h4,6-7,11-12,15,17H,3,5,8-9H2,1-2H3/t11-,12-,15-/m1/s1. The summed E-state index contributed by atoms with van der Waals surface area (Å²) < 4.78 is 5.07. The molecule has 1 aromatic heterocycles. The fraction of sp³-hybridized carbons (Fsp3) is 0.562. The smallest absolute Gasteiger partial charge is 0.348 e. The highest BCUT2D eigenvalue weighted by Gasteiger charge is 2.35. The van der Waals surface area contributed by atoms with E-state index in [0.29, 0.717) is 23.4 Å². The van der Waals surface area contributed by atoms with Gasteiger partial charge in [-0.1, -0.05) is 11.6 Å². The second-order valence-electron chi connectivity index (χ2n) is 5.70. The van der Waals surface area contributed by atoms with Gasteiger partial charge in [0, 0.05) is 16.8 Å². The molecule has 3 rings (SSSR count). The van der Waals surface area contributed by atoms with Gasteiger partial charge in [0.15, 0.2) is 0 Å². The van der Waals surface area contributed by atoms with Crippen molar-refractivity contribution in [1.29, 1.82) is 0 Å². The van der Waals surface area contributed by atoms with Crippen molar-refractivity contribution in [2.24, 2.45) is 11.8 Å². The highest BCUT2D eigenvalue weighted by Crippen LogP contribution is 2.42. The molecule has 0 amide bonds. The number of thiophene rings is 1. The average molecular weight is 291 g/mol. The van der Waals surface area contributed by atoms with E-state index >= 15 is 0 Å². The summed E-state index contributed by atoms with van der Waals surface area (Å²) in [5, 5.41) is 3.67. The molecular weight excluding hydrogens is 270 g/mol. The van der Waals surface area contributed by atoms with Crippen molar-refractivity contribution < 1.29 is 9.53 Å². The molecule has 2 bridgehead atoms. The van der Waals surface area contributed by atoms with Crippen molar-refractivity contribution in [3.63, 3.8) is 0 Å². The quantitative estimate of drug-likeness (QED) is 0.684. The number of rotatable bonds is 3. The molecule has 1 aliphatic heterocycles. The lowest BCUT2D eigenvalue weighted by Gasteiger charge is -2.40. The van der Waals surface area contributed by atoms with Gasteiger partial charge in [-0.05, 0) is 51.3 Å². The summed E-state index contributed by atoms with van der Waals surface area (Å²) in [4.78, 5) is 13.7. The number of carbonyl (C=O) groups excluding carboxylic acids is 1. The number of ether oxygens (including phenoxy) is 1. The van der Waals surface area contributed by atoms with Crippen LogP contribution in [0.3, 0.4) is 0 Å². The summed E-state index contributed by atoms with van der Waals surface area (Å²) in [6.45, 7) is 5.59. The molecule has 1 aromatic rings. The highest BCUT2D eigenvalue weighted by molar-refractivity contribution is 7.14. The van der Waals surface area contributed by atoms with Crippen molar-refractivity contribution >= 4 is 17.3 Å². The van der Waals surface area contributed by atoms with Crippen LogP contribution >= 0.6 is 11.3 Å². The summed E-state index contributed by atoms with van der Waals surface area (Å²) in [7, 11) is 0. The predicted molar refractivity (Wildman–Crippen MR) is 81.0 cm³/mol. The number of fused-ring (bicyclic) bond motifs is 2. The third kappa shape index (κ3) is 2.54. The Kier molecular flexibility index (Phi) is 3.94. The lowest BCUT2D eigenvalue weighted by atomic mass is 9.74. The van der Waals surface area contributed by atoms with E-state index in [9.17, 15) is 4.79 Å². The van der Waals surface area contributed by atoms with E-state index in [-0.39, 0.29) is 5.97 Å². The Morgan fingerprint density at radius 2 is 2.35 bits per heavy atom. The van der Waals surface area contributed by atoms with Crippen LogP contribution in [0, 0.1) is 11.8 Å². The lowest BCUT2D eigenvalue weighted by Crippen LogP contribution is -2.41. The Labute approximate surface area is 124 Å². The molecule has 1 fully saturated rings. The maximum absolute atomic E-state index is 11.8. The monoisotopic (exact) mass is 291 g/mol. The average Bonchev–Trinajstić information content (AvgIpc) is 2.93. The fourth-order valence-electron chi connectivity index (χ4n) is 3.28. The first-order chi connectivity index (χ1) is 9.69. The zero-order valence-corrected chi connectivity index (χ0v) is 12.8. The molecule has 0 radical (unpaired) electrons. The van der Waals surface area contributed by atoms with Crippen LogP contribution in [0.1, 0.15) is 47.3 Å². The van der Waals surface area contributed by atoms with Crippen LogP contribution in [0.5, 0.6) is 0 Å². The van der Waals surface area contributed by atoms with Crippen molar-refractivity contribution in [2.45, 2.75) is 32.7 Å². The van der Waals surface area contributed by atoms with Crippen LogP contribution in [0.4, 0.5) is 0 Å². The molecule has 0 saturated carbocycles. The molecule has 2 heterocycles. The van der Waals surface area contributed by atoms with Crippen LogP contribution < -0.4 is 5.32 Å². The van der Waals surface area contributed by atoms with Crippen LogP contribution in [0.2, 0.25) is 0 Å². The molecule has 1 aliphatic carbocycles. The first-order valence-electron chi connectivity index (χ1n) is 7.36. The summed E-state index contributed by atoms with van der Waals surface area (Å²) in [5.74, 6) is 1.16. The van der Waals surface area contributed by atoms with E-state index in [1.165, 1.54) is 23.3 Å². The third-order valence-electron chi connectivity index (χ3n) is 4.38. The van der Waals surface area contributed by atoms with E-state index in [4.69, 9.17) is 4.74 Å². The Balaban J connectivity index is 1.80. The van der Waals surface area contributed by atoms with Crippen molar-refractivity contribution in [3.05, 3.63) is 33.5 Å². The molecule has 0 spiro atoms. The number of hydrogen-bond donors (Lipinski definition) is 1. The van der Waals surface area contributed by atoms with Crippen LogP contribution in [0.15, 0.2) is 23.8 Å². The summed E-state index contributed by atoms with van der Waals surface area (Å²) in [5.41, 5.74) is 1.49. The minimum atomic E-state index is -0.201. The predicted octanol–water partition coefficient (Wildman–Crippen LogP) is 3.54. The summed E-state index contributed by atoms with van der Waals surface area (Å²) in [6.07, 6.45) is 4.87. The number of hydrogen-bond acceptors (Lipinski definition) is 4. The van der Waals surface area contributed by atoms with Crippen molar-refractivity contribution in [3.8, 4) is 0 Å². The molecule has 0 aromatic carbocycles. The van der Waals surface area contributed by atoms with Gasteiger partial charge in [-0.3, -0.25) is 0 Å². The molecule has 0 unspecified atom stereocenters. The Morgan fingerprint density at radius 3 is 3.15 bits per heavy atom. The summed E-state index contributed by atoms with van der Waals surface area (Å²) in [6, 6.07) is 4.33. The molecule has 2 aliphatic rings. The van der Waals surface area contributed by atoms with E-state index in [0.717, 1.165) is 12.5 Å². The van der Waals surface area contributed by atoms with Gasteiger partial charge < -0.3 is 10.1 Å². The molecule has 108 valence electrons. The van der Waals surface area contributed by atoms with E-state index in [1.54, 1.807) is 11.3 Å². The van der Waals surface area contributed by atoms with Gasteiger partial charge in [-0.2, -0.15) is 0 Å². The van der Waals surface area contributed by atoms with E-state index in [1.807, 2.05) is 13.0 Å². The molecule has 3 nitrogen and oxygen atoms in total. The Hall–Kier alpha value is -1.13. The second kappa shape index (κ2) is 5.70. The number of carbonyl (C=O) groups is 1. The van der Waals surface area contributed by atoms with Gasteiger partial charge in [0.1, 0.15) is 4.88 Å². The van der Waals surface area contributed by atoms with Gasteiger partial charge in [0.05, 0.1) is 6.61 Å². The molecule has 4 heteroatoms. The van der Waals surface area contributed by atoms with Gasteiger partial charge >= 0.3 is 5.97 Å². The van der Waals surface area contributed by atoms with Gasteiger partial charge in [-0.25, -0.2) is 4.79 Å². The molecular formula is C16H21NO2S. The topological polar surface area (TPSA) is 38.3 Å². The fourth-order valence-corrected chi connectivity index (χ4v) is 4.32. The van der Waals surface area contributed by atoms with E-state index in [2.05, 4.69) is 24.4 Å². The normalized spacial score (nSPS) is 28.9. The van der Waals surface area contributed by atoms with Crippen molar-refractivity contribution in [2.75, 3.05) is 13.2 Å². The SMILES string of the molecule is CCOC(=O)c1ccc([C@@H]2NC[C@@H]3CC=C(C)[C@H]2C3)s1. The lowest BCUT2D eigenvalue weighted by molar-refractivity contribution is 0.0532. The number of allylic oxidation sites excluding steroid dienone is 1. The van der Waals surface area contributed by atoms with Gasteiger partial charge in [-0.15, -0.1) is 11.3 Å². The van der Waals surface area contributed by atoms with Crippen LogP contribution in [-0.2, 0) is 4.74 Å². The molecule has 3 atom stereocenters. The van der Waals surface area contributed by atoms with Gasteiger partial charge in [0.25, 0.3) is 0 Å². The van der Waals surface area contributed by atoms with Crippen molar-refractivity contribution in [1.82, 2.24) is 5.32 Å². The minimum absolute atomic E-state index is 0.201. The highest BCUT2D eigenvalue weighted by atomic mass is 32.1. The molecule has 20 heavy (non-hydrogen) atoms. The first kappa shape index (κ1) is 13.8. The maximum atomic E-state index is 11.8. The summed E-state index contributed by atoms with van der Waals surface area (Å²) >= 11 is 1.57. The number of nitrogens with one attached hydrogen (secondary N) is 1. The Morgan fingerprint density at radius 1 is 1.50 bits per heavy atom. The first-order valence-corrected chi connectivity index (χ1v) is 8.17. The number of piperidine rings is 1. The maximum Gasteiger partial charge on any atom is 0.348 e. The Bertz CT molecular complexity index is 534.